The second kappa shape index (κ2) is 6.07. The van der Waals surface area contributed by atoms with Crippen LogP contribution in [0.3, 0.4) is 0 Å². The van der Waals surface area contributed by atoms with Crippen LogP contribution >= 0.6 is 0 Å². The molecule has 2 heterocycles. The largest absolute Gasteiger partial charge is 0.416 e. The molecule has 3 atom stereocenters. The maximum Gasteiger partial charge on any atom is 0.191 e. The van der Waals surface area contributed by atoms with Crippen molar-refractivity contribution in [3.8, 4) is 0 Å². The van der Waals surface area contributed by atoms with Crippen LogP contribution in [-0.2, 0) is 4.43 Å². The number of rotatable bonds is 5. The molecule has 3 nitrogen and oxygen atoms in total. The number of aliphatic hydroxyl groups excluding tert-OH is 1. The lowest BCUT2D eigenvalue weighted by molar-refractivity contribution is 0.0854. The zero-order valence-electron chi connectivity index (χ0n) is 13.9. The third-order valence-corrected chi connectivity index (χ3v) is 10.4. The van der Waals surface area contributed by atoms with Crippen LogP contribution in [0.25, 0.3) is 0 Å². The minimum atomic E-state index is -1.69. The van der Waals surface area contributed by atoms with Gasteiger partial charge in [0.2, 0.25) is 0 Å². The molecule has 118 valence electrons. The highest BCUT2D eigenvalue weighted by Gasteiger charge is 2.40. The van der Waals surface area contributed by atoms with E-state index >= 15 is 0 Å². The number of hydrogen-bond acceptors (Lipinski definition) is 3. The molecule has 0 aromatic heterocycles. The van der Waals surface area contributed by atoms with Gasteiger partial charge in [-0.05, 0) is 49.7 Å². The molecule has 2 aliphatic rings. The summed E-state index contributed by atoms with van der Waals surface area (Å²) in [5, 5.41) is 13.7. The predicted molar refractivity (Wildman–Crippen MR) is 86.4 cm³/mol. The Hall–Kier alpha value is 0.0969. The molecule has 2 aliphatic heterocycles. The quantitative estimate of drug-likeness (QED) is 0.766. The van der Waals surface area contributed by atoms with Crippen molar-refractivity contribution in [2.24, 2.45) is 11.8 Å². The van der Waals surface area contributed by atoms with Crippen molar-refractivity contribution in [2.75, 3.05) is 13.2 Å². The van der Waals surface area contributed by atoms with E-state index < -0.39 is 8.32 Å². The Labute approximate surface area is 125 Å². The van der Waals surface area contributed by atoms with Gasteiger partial charge in [0.05, 0.1) is 0 Å². The summed E-state index contributed by atoms with van der Waals surface area (Å²) in [6.07, 6.45) is 5.09. The zero-order valence-corrected chi connectivity index (χ0v) is 14.9. The highest BCUT2D eigenvalue weighted by molar-refractivity contribution is 6.74. The maximum atomic E-state index is 9.79. The van der Waals surface area contributed by atoms with E-state index in [4.69, 9.17) is 4.43 Å². The smallest absolute Gasteiger partial charge is 0.191 e. The third kappa shape index (κ3) is 3.64. The summed E-state index contributed by atoms with van der Waals surface area (Å²) in [4.78, 5) is 0. The molecular formula is C16H33NO2Si. The lowest BCUT2D eigenvalue weighted by Gasteiger charge is -2.39. The van der Waals surface area contributed by atoms with E-state index in [1.165, 1.54) is 25.7 Å². The highest BCUT2D eigenvalue weighted by atomic mass is 28.4. The first-order valence-corrected chi connectivity index (χ1v) is 11.1. The minimum Gasteiger partial charge on any atom is -0.416 e. The molecule has 4 heteroatoms. The first kappa shape index (κ1) is 16.5. The molecule has 0 aliphatic carbocycles. The molecule has 0 amide bonds. The fourth-order valence-corrected chi connectivity index (χ4v) is 4.42. The van der Waals surface area contributed by atoms with Crippen molar-refractivity contribution in [3.63, 3.8) is 0 Å². The monoisotopic (exact) mass is 299 g/mol. The molecule has 0 aromatic carbocycles. The molecule has 0 radical (unpaired) electrons. The molecule has 3 unspecified atom stereocenters. The van der Waals surface area contributed by atoms with Crippen molar-refractivity contribution in [1.82, 2.24) is 5.32 Å². The van der Waals surface area contributed by atoms with E-state index in [1.54, 1.807) is 0 Å². The molecule has 2 bridgehead atoms. The van der Waals surface area contributed by atoms with Gasteiger partial charge < -0.3 is 14.8 Å². The van der Waals surface area contributed by atoms with Crippen LogP contribution in [0.4, 0.5) is 0 Å². The van der Waals surface area contributed by atoms with Crippen LogP contribution in [-0.4, -0.2) is 38.7 Å². The van der Waals surface area contributed by atoms with E-state index in [1.807, 2.05) is 0 Å². The molecule has 2 saturated heterocycles. The summed E-state index contributed by atoms with van der Waals surface area (Å²) < 4.78 is 6.35. The summed E-state index contributed by atoms with van der Waals surface area (Å²) >= 11 is 0. The Kier molecular flexibility index (Phi) is 5.00. The standard InChI is InChI=1S/C16H33NO2Si/c1-16(2,3)20(4,5)19-11-13(10-18)12-8-14-6-7-15(9-12)17-14/h12-15,17-18H,6-11H2,1-5H3. The number of aliphatic hydroxyl groups is 1. The van der Waals surface area contributed by atoms with Crippen molar-refractivity contribution >= 4 is 8.32 Å². The van der Waals surface area contributed by atoms with Crippen molar-refractivity contribution in [2.45, 2.75) is 76.7 Å². The van der Waals surface area contributed by atoms with Gasteiger partial charge in [0, 0.05) is 31.2 Å². The molecule has 2 rings (SSSR count). The average molecular weight is 300 g/mol. The van der Waals surface area contributed by atoms with Crippen molar-refractivity contribution in [1.29, 1.82) is 0 Å². The van der Waals surface area contributed by atoms with Crippen molar-refractivity contribution in [3.05, 3.63) is 0 Å². The van der Waals surface area contributed by atoms with Gasteiger partial charge in [0.1, 0.15) is 0 Å². The summed E-state index contributed by atoms with van der Waals surface area (Å²) in [7, 11) is -1.69. The summed E-state index contributed by atoms with van der Waals surface area (Å²) in [6, 6.07) is 1.39. The zero-order chi connectivity index (χ0) is 15.0. The van der Waals surface area contributed by atoms with Gasteiger partial charge in [-0.2, -0.15) is 0 Å². The van der Waals surface area contributed by atoms with E-state index in [0.29, 0.717) is 23.9 Å². The lowest BCUT2D eigenvalue weighted by atomic mass is 9.82. The van der Waals surface area contributed by atoms with Crippen LogP contribution in [0.1, 0.15) is 46.5 Å². The van der Waals surface area contributed by atoms with E-state index in [0.717, 1.165) is 6.61 Å². The molecule has 2 N–H and O–H groups in total. The number of piperidine rings is 1. The topological polar surface area (TPSA) is 41.5 Å². The lowest BCUT2D eigenvalue weighted by Crippen LogP contribution is -2.45. The molecule has 0 saturated carbocycles. The van der Waals surface area contributed by atoms with Gasteiger partial charge in [-0.3, -0.25) is 0 Å². The summed E-state index contributed by atoms with van der Waals surface area (Å²) in [5.41, 5.74) is 0. The van der Waals surface area contributed by atoms with Gasteiger partial charge in [-0.15, -0.1) is 0 Å². The molecule has 20 heavy (non-hydrogen) atoms. The van der Waals surface area contributed by atoms with Gasteiger partial charge in [0.25, 0.3) is 0 Å². The Balaban J connectivity index is 1.89. The normalized spacial score (nSPS) is 32.4. The first-order valence-electron chi connectivity index (χ1n) is 8.24. The van der Waals surface area contributed by atoms with Gasteiger partial charge in [0.15, 0.2) is 8.32 Å². The van der Waals surface area contributed by atoms with Gasteiger partial charge in [-0.25, -0.2) is 0 Å². The fourth-order valence-electron chi connectivity index (χ4n) is 3.36. The van der Waals surface area contributed by atoms with Crippen LogP contribution in [0.2, 0.25) is 18.1 Å². The maximum absolute atomic E-state index is 9.79. The second-order valence-electron chi connectivity index (χ2n) is 8.38. The van der Waals surface area contributed by atoms with Crippen LogP contribution in [0, 0.1) is 11.8 Å². The fraction of sp³-hybridized carbons (Fsp3) is 1.00. The van der Waals surface area contributed by atoms with E-state index in [-0.39, 0.29) is 11.6 Å². The van der Waals surface area contributed by atoms with Crippen LogP contribution in [0.15, 0.2) is 0 Å². The van der Waals surface area contributed by atoms with Gasteiger partial charge >= 0.3 is 0 Å². The minimum absolute atomic E-state index is 0.250. The number of fused-ring (bicyclic) bond motifs is 2. The SMILES string of the molecule is CC(C)(C)[Si](C)(C)OCC(CO)C1CC2CCC(C1)N2. The van der Waals surface area contributed by atoms with Gasteiger partial charge in [-0.1, -0.05) is 20.8 Å². The number of nitrogens with one attached hydrogen (secondary N) is 1. The molecule has 0 spiro atoms. The predicted octanol–water partition coefficient (Wildman–Crippen LogP) is 3.15. The molecule has 2 fully saturated rings. The second-order valence-corrected chi connectivity index (χ2v) is 13.2. The van der Waals surface area contributed by atoms with E-state index in [9.17, 15) is 5.11 Å². The Bertz CT molecular complexity index is 315. The van der Waals surface area contributed by atoms with Crippen LogP contribution in [0.5, 0.6) is 0 Å². The van der Waals surface area contributed by atoms with E-state index in [2.05, 4.69) is 39.2 Å². The summed E-state index contributed by atoms with van der Waals surface area (Å²) in [6.45, 7) is 12.4. The average Bonchev–Trinajstić information content (AvgIpc) is 2.68. The highest BCUT2D eigenvalue weighted by Crippen LogP contribution is 2.39. The molecule has 0 aromatic rings. The third-order valence-electron chi connectivity index (χ3n) is 5.88. The van der Waals surface area contributed by atoms with Crippen LogP contribution < -0.4 is 5.32 Å². The molecular weight excluding hydrogens is 266 g/mol. The Morgan fingerprint density at radius 1 is 1.20 bits per heavy atom. The summed E-state index contributed by atoms with van der Waals surface area (Å²) in [5.74, 6) is 0.970. The van der Waals surface area contributed by atoms with Crippen molar-refractivity contribution < 1.29 is 9.53 Å². The Morgan fingerprint density at radius 3 is 2.20 bits per heavy atom. The first-order chi connectivity index (χ1) is 9.23. The number of hydrogen-bond donors (Lipinski definition) is 2. The Morgan fingerprint density at radius 2 is 1.75 bits per heavy atom.